The Bertz CT molecular complexity index is 1820. The van der Waals surface area contributed by atoms with Crippen LogP contribution in [0.1, 0.15) is 62.4 Å². The van der Waals surface area contributed by atoms with Crippen molar-refractivity contribution in [3.63, 3.8) is 0 Å². The topological polar surface area (TPSA) is 51.6 Å². The number of hydrogen-bond acceptors (Lipinski definition) is 6. The highest BCUT2D eigenvalue weighted by atomic mass is 35.5. The fourth-order valence-electron chi connectivity index (χ4n) is 4.79. The molecule has 0 fully saturated rings. The summed E-state index contributed by atoms with van der Waals surface area (Å²) in [5.74, 6) is 0. The molecule has 5 aromatic rings. The van der Waals surface area contributed by atoms with Gasteiger partial charge in [-0.05, 0) is 12.8 Å². The number of aromatic nitrogens is 4. The fourth-order valence-corrected chi connectivity index (χ4v) is 9.23. The first-order chi connectivity index (χ1) is 20.1. The van der Waals surface area contributed by atoms with Crippen LogP contribution in [0.15, 0.2) is 0 Å². The van der Waals surface area contributed by atoms with Crippen LogP contribution in [0.25, 0.3) is 42.7 Å². The van der Waals surface area contributed by atoms with E-state index in [1.807, 2.05) is 0 Å². The van der Waals surface area contributed by atoms with Gasteiger partial charge in [-0.3, -0.25) is 0 Å². The van der Waals surface area contributed by atoms with Crippen LogP contribution in [0.2, 0.25) is 40.2 Å². The lowest BCUT2D eigenvalue weighted by Crippen LogP contribution is -1.94. The Morgan fingerprint density at radius 3 is 1.40 bits per heavy atom. The number of halogens is 8. The van der Waals surface area contributed by atoms with Gasteiger partial charge in [-0.25, -0.2) is 0 Å². The highest BCUT2D eigenvalue weighted by molar-refractivity contribution is 7.15. The van der Waals surface area contributed by atoms with Crippen molar-refractivity contribution in [3.05, 3.63) is 50.2 Å². The average molecular weight is 762 g/mol. The van der Waals surface area contributed by atoms with Gasteiger partial charge in [-0.1, -0.05) is 155 Å². The van der Waals surface area contributed by atoms with E-state index in [1.165, 1.54) is 22.7 Å². The van der Waals surface area contributed by atoms with E-state index in [0.717, 1.165) is 61.4 Å². The van der Waals surface area contributed by atoms with E-state index < -0.39 is 0 Å². The van der Waals surface area contributed by atoms with Crippen LogP contribution in [0.5, 0.6) is 0 Å². The Balaban J connectivity index is 1.82. The first-order valence-electron chi connectivity index (χ1n) is 13.2. The Kier molecular flexibility index (Phi) is 11.0. The predicted octanol–water partition coefficient (Wildman–Crippen LogP) is 13.7. The molecule has 0 aliphatic rings. The molecule has 0 atom stereocenters. The van der Waals surface area contributed by atoms with Gasteiger partial charge in [-0.15, -0.1) is 20.4 Å². The number of hydrogen-bond donors (Lipinski definition) is 0. The van der Waals surface area contributed by atoms with Crippen LogP contribution >= 0.6 is 115 Å². The maximum absolute atomic E-state index is 7.16. The Morgan fingerprint density at radius 1 is 0.429 bits per heavy atom. The van der Waals surface area contributed by atoms with Crippen molar-refractivity contribution < 1.29 is 0 Å². The van der Waals surface area contributed by atoms with Gasteiger partial charge in [0.15, 0.2) is 5.01 Å². The standard InChI is InChI=1S/C28H22Cl8N4S2/c1-3-5-7-9-11-37-39-27(41-11)17-15-13(21(31)26(36)24(17)34)14-16(22(32)20(15)30)23(33)25(35)18(19(14)29)28-40-38-12(42-28)10-8-6-4-2/h3-10H2,1-2H3. The Morgan fingerprint density at radius 2 is 0.857 bits per heavy atom. The lowest BCUT2D eigenvalue weighted by Gasteiger charge is -2.20. The van der Waals surface area contributed by atoms with Crippen molar-refractivity contribution in [2.24, 2.45) is 0 Å². The molecule has 0 saturated heterocycles. The molecule has 42 heavy (non-hydrogen) atoms. The van der Waals surface area contributed by atoms with E-state index in [4.69, 9.17) is 92.8 Å². The summed E-state index contributed by atoms with van der Waals surface area (Å²) in [5.41, 5.74) is 0.888. The van der Waals surface area contributed by atoms with Gasteiger partial charge in [0.2, 0.25) is 0 Å². The third-order valence-electron chi connectivity index (χ3n) is 6.88. The minimum absolute atomic E-state index is 0.112. The van der Waals surface area contributed by atoms with Crippen LogP contribution in [-0.4, -0.2) is 20.4 Å². The van der Waals surface area contributed by atoms with Gasteiger partial charge in [0, 0.05) is 39.9 Å². The molecule has 0 bridgehead atoms. The van der Waals surface area contributed by atoms with Crippen molar-refractivity contribution in [1.82, 2.24) is 20.4 Å². The van der Waals surface area contributed by atoms with Crippen LogP contribution in [-0.2, 0) is 12.8 Å². The molecule has 0 spiro atoms. The molecule has 0 radical (unpaired) electrons. The smallest absolute Gasteiger partial charge is 0.143 e. The van der Waals surface area contributed by atoms with Gasteiger partial charge in [0.1, 0.15) is 15.0 Å². The molecule has 0 amide bonds. The third-order valence-corrected chi connectivity index (χ3v) is 12.3. The second-order valence-corrected chi connectivity index (χ2v) is 14.8. The second kappa shape index (κ2) is 13.9. The zero-order chi connectivity index (χ0) is 30.3. The number of nitrogens with zero attached hydrogens (tertiary/aromatic N) is 4. The number of aryl methyl sites for hydroxylation is 2. The molecule has 4 nitrogen and oxygen atoms in total. The maximum atomic E-state index is 7.16. The lowest BCUT2D eigenvalue weighted by atomic mass is 9.96. The molecule has 2 heterocycles. The third kappa shape index (κ3) is 5.95. The van der Waals surface area contributed by atoms with E-state index in [9.17, 15) is 0 Å². The average Bonchev–Trinajstić information content (AvgIpc) is 3.63. The molecule has 0 saturated carbocycles. The van der Waals surface area contributed by atoms with Gasteiger partial charge < -0.3 is 0 Å². The molecular weight excluding hydrogens is 740 g/mol. The van der Waals surface area contributed by atoms with E-state index >= 15 is 0 Å². The fraction of sp³-hybridized carbons (Fsp3) is 0.357. The first kappa shape index (κ1) is 33.0. The van der Waals surface area contributed by atoms with Crippen LogP contribution in [0.3, 0.4) is 0 Å². The van der Waals surface area contributed by atoms with Gasteiger partial charge in [0.05, 0.1) is 45.7 Å². The van der Waals surface area contributed by atoms with E-state index in [1.54, 1.807) is 0 Å². The molecular formula is C28H22Cl8N4S2. The van der Waals surface area contributed by atoms with Crippen molar-refractivity contribution in [1.29, 1.82) is 0 Å². The monoisotopic (exact) mass is 758 g/mol. The van der Waals surface area contributed by atoms with Crippen molar-refractivity contribution >= 4 is 137 Å². The molecule has 14 heteroatoms. The van der Waals surface area contributed by atoms with Gasteiger partial charge in [-0.2, -0.15) is 0 Å². The first-order valence-corrected chi connectivity index (χ1v) is 17.9. The summed E-state index contributed by atoms with van der Waals surface area (Å²) in [5, 5.41) is 23.3. The van der Waals surface area contributed by atoms with Crippen LogP contribution < -0.4 is 0 Å². The maximum Gasteiger partial charge on any atom is 0.150 e. The summed E-state index contributed by atoms with van der Waals surface area (Å²) in [7, 11) is 0. The molecule has 0 unspecified atom stereocenters. The number of fused-ring (bicyclic) bond motifs is 3. The summed E-state index contributed by atoms with van der Waals surface area (Å²) < 4.78 is 0. The van der Waals surface area contributed by atoms with Gasteiger partial charge >= 0.3 is 0 Å². The highest BCUT2D eigenvalue weighted by Crippen LogP contribution is 2.57. The number of rotatable bonds is 10. The zero-order valence-corrected chi connectivity index (χ0v) is 30.0. The minimum atomic E-state index is 0.112. The number of benzene rings is 3. The van der Waals surface area contributed by atoms with E-state index in [0.29, 0.717) is 42.7 Å². The molecule has 0 aliphatic heterocycles. The largest absolute Gasteiger partial charge is 0.150 e. The summed E-state index contributed by atoms with van der Waals surface area (Å²) in [6.07, 6.45) is 8.01. The van der Waals surface area contributed by atoms with Crippen LogP contribution in [0.4, 0.5) is 0 Å². The number of unbranched alkanes of at least 4 members (excludes halogenated alkanes) is 4. The summed E-state index contributed by atoms with van der Waals surface area (Å²) in [6.45, 7) is 4.30. The summed E-state index contributed by atoms with van der Waals surface area (Å²) >= 11 is 58.1. The highest BCUT2D eigenvalue weighted by Gasteiger charge is 2.30. The molecule has 5 rings (SSSR count). The molecule has 3 aromatic carbocycles. The van der Waals surface area contributed by atoms with Crippen molar-refractivity contribution in [3.8, 4) is 21.1 Å². The van der Waals surface area contributed by atoms with Crippen LogP contribution in [0, 0.1) is 0 Å². The molecule has 0 N–H and O–H groups in total. The van der Waals surface area contributed by atoms with Gasteiger partial charge in [0.25, 0.3) is 0 Å². The minimum Gasteiger partial charge on any atom is -0.143 e. The molecule has 0 aliphatic carbocycles. The quantitative estimate of drug-likeness (QED) is 0.0615. The summed E-state index contributed by atoms with van der Waals surface area (Å²) in [4.78, 5) is 0. The summed E-state index contributed by atoms with van der Waals surface area (Å²) in [6, 6.07) is 0. The lowest BCUT2D eigenvalue weighted by molar-refractivity contribution is 0.710. The van der Waals surface area contributed by atoms with Crippen molar-refractivity contribution in [2.45, 2.75) is 65.2 Å². The zero-order valence-electron chi connectivity index (χ0n) is 22.3. The van der Waals surface area contributed by atoms with E-state index in [2.05, 4.69) is 34.2 Å². The second-order valence-electron chi connectivity index (χ2n) is 9.68. The normalized spacial score (nSPS) is 11.9. The molecule has 222 valence electrons. The predicted molar refractivity (Wildman–Crippen MR) is 186 cm³/mol. The van der Waals surface area contributed by atoms with E-state index in [-0.39, 0.29) is 40.2 Å². The van der Waals surface area contributed by atoms with Crippen molar-refractivity contribution in [2.75, 3.05) is 0 Å². The molecule has 2 aromatic heterocycles. The Hall–Kier alpha value is -0.380. The Labute approximate surface area is 291 Å². The SMILES string of the molecule is CCCCCc1nnc(-c2c(Cl)c(Cl)c3c(Cl)c(Cl)c4c(-c5nnc(CCCCC)s5)c(Cl)c(Cl)c(Cl)c4c3c2Cl)s1.